The van der Waals surface area contributed by atoms with Gasteiger partial charge in [-0.15, -0.1) is 37.4 Å². The third-order valence-electron chi connectivity index (χ3n) is 23.1. The number of allylic oxidation sites excluding steroid dienone is 8. The van der Waals surface area contributed by atoms with E-state index in [2.05, 4.69) is 46.4 Å². The van der Waals surface area contributed by atoms with Gasteiger partial charge < -0.3 is 33.1 Å². The zero-order valence-electron chi connectivity index (χ0n) is 56.0. The van der Waals surface area contributed by atoms with Gasteiger partial charge in [0.05, 0.1) is 40.8 Å². The Morgan fingerprint density at radius 3 is 1.53 bits per heavy atom. The molecule has 6 saturated carbocycles. The fraction of sp³-hybridized carbons (Fsp3) is 0.521. The van der Waals surface area contributed by atoms with Crippen molar-refractivity contribution in [2.24, 2.45) is 57.2 Å². The molecule has 0 bridgehead atoms. The van der Waals surface area contributed by atoms with Crippen LogP contribution in [0.3, 0.4) is 0 Å². The number of fused-ring (bicyclic) bond motifs is 10. The van der Waals surface area contributed by atoms with Gasteiger partial charge in [-0.1, -0.05) is 69.8 Å². The molecule has 544 valence electrons. The van der Waals surface area contributed by atoms with Crippen LogP contribution in [-0.2, 0) is 54.1 Å². The number of halogens is 9. The molecule has 2 N–H and O–H groups in total. The number of hydrogen-bond donors (Lipinski definition) is 3. The number of ketones is 2. The smallest absolute Gasteiger partial charge is 0.536 e. The highest BCUT2D eigenvalue weighted by atomic mass is 35.5. The second kappa shape index (κ2) is 28.3. The van der Waals surface area contributed by atoms with Crippen molar-refractivity contribution in [3.63, 3.8) is 0 Å². The Hall–Kier alpha value is -5.85. The Morgan fingerprint density at radius 1 is 0.700 bits per heavy atom. The number of thioether (sulfide) groups is 1. The first-order valence-electron chi connectivity index (χ1n) is 32.0. The van der Waals surface area contributed by atoms with Gasteiger partial charge in [-0.05, 0) is 187 Å². The Morgan fingerprint density at radius 2 is 1.14 bits per heavy atom. The molecule has 12 rings (SSSR count). The maximum Gasteiger partial charge on any atom is 0.536 e. The van der Waals surface area contributed by atoms with Crippen LogP contribution in [0.2, 0.25) is 0 Å². The van der Waals surface area contributed by atoms with Crippen LogP contribution < -0.4 is 0 Å². The Kier molecular flexibility index (Phi) is 22.2. The molecule has 8 aliphatic rings. The summed E-state index contributed by atoms with van der Waals surface area (Å²) in [7, 11) is -6.12. The first-order chi connectivity index (χ1) is 46.5. The summed E-state index contributed by atoms with van der Waals surface area (Å²) in [5.41, 5.74) is -8.52. The second-order valence-corrected chi connectivity index (χ2v) is 32.7. The minimum atomic E-state index is -5.66. The van der Waals surface area contributed by atoms with E-state index in [4.69, 9.17) is 42.9 Å². The fourth-order valence-electron chi connectivity index (χ4n) is 18.2. The molecule has 5 unspecified atom stereocenters. The van der Waals surface area contributed by atoms with E-state index in [0.29, 0.717) is 0 Å². The minimum Gasteiger partial charge on any atom is -0.725 e. The van der Waals surface area contributed by atoms with Crippen LogP contribution in [0.4, 0.5) is 35.1 Å². The average Bonchev–Trinajstić information content (AvgIpc) is 1.37. The summed E-state index contributed by atoms with van der Waals surface area (Å²) in [5.74, 6) is -7.13. The van der Waals surface area contributed by atoms with Crippen LogP contribution in [0.25, 0.3) is 0 Å². The number of carbonyl (C=O) groups excluding carboxylic acids is 6. The summed E-state index contributed by atoms with van der Waals surface area (Å²) < 4.78 is 163. The van der Waals surface area contributed by atoms with Crippen LogP contribution in [0.15, 0.2) is 139 Å². The normalized spacial score (nSPS) is 36.3. The van der Waals surface area contributed by atoms with Crippen molar-refractivity contribution in [3.8, 4) is 0 Å². The Labute approximate surface area is 591 Å². The zero-order chi connectivity index (χ0) is 74.2. The third kappa shape index (κ3) is 12.9. The van der Waals surface area contributed by atoms with E-state index >= 15 is 17.6 Å². The molecule has 2 heterocycles. The summed E-state index contributed by atoms with van der Waals surface area (Å²) in [6.07, 6.45) is -2.24. The topological polar surface area (TPSA) is 254 Å². The number of benzene rings is 2. The molecule has 2 aromatic carbocycles. The number of aliphatic hydroxyl groups is 2. The molecule has 2 aromatic heterocycles. The van der Waals surface area contributed by atoms with E-state index < -0.39 is 166 Å². The first kappa shape index (κ1) is 78.3. The van der Waals surface area contributed by atoms with Gasteiger partial charge in [0.1, 0.15) is 12.3 Å². The van der Waals surface area contributed by atoms with Gasteiger partial charge in [-0.2, -0.15) is 8.57 Å². The van der Waals surface area contributed by atoms with Crippen molar-refractivity contribution >= 4 is 91.0 Å². The maximum absolute atomic E-state index is 17.4. The van der Waals surface area contributed by atoms with Gasteiger partial charge in [0, 0.05) is 50.9 Å². The van der Waals surface area contributed by atoms with Crippen LogP contribution in [0.1, 0.15) is 123 Å². The lowest BCUT2D eigenvalue weighted by molar-refractivity contribution is -0.275. The third-order valence-corrected chi connectivity index (χ3v) is 26.9. The lowest BCUT2D eigenvalue weighted by Crippen LogP contribution is -2.70. The highest BCUT2D eigenvalue weighted by Gasteiger charge is 2.80. The monoisotopic (exact) mass is 1500 g/mol. The summed E-state index contributed by atoms with van der Waals surface area (Å²) in [6, 6.07) is 17.6. The van der Waals surface area contributed by atoms with Gasteiger partial charge in [-0.25, -0.2) is 35.6 Å². The van der Waals surface area contributed by atoms with E-state index in [1.807, 2.05) is 34.5 Å². The molecule has 0 saturated heterocycles. The molecule has 29 heteroatoms. The number of hydrogen-bond acceptors (Lipinski definition) is 17. The van der Waals surface area contributed by atoms with Crippen molar-refractivity contribution in [1.29, 1.82) is 0 Å². The van der Waals surface area contributed by atoms with E-state index in [1.165, 1.54) is 97.2 Å². The summed E-state index contributed by atoms with van der Waals surface area (Å²) >= 11 is 10.8. The molecule has 19 atom stereocenters. The van der Waals surface area contributed by atoms with Gasteiger partial charge in [0.25, 0.3) is 6.01 Å². The quantitative estimate of drug-likeness (QED) is 0.0240. The molecule has 0 aliphatic heterocycles. The molecule has 16 nitrogen and oxygen atoms in total. The van der Waals surface area contributed by atoms with Crippen molar-refractivity contribution in [3.05, 3.63) is 155 Å². The Balaban J connectivity index is 0.000000171. The lowest BCUT2D eigenvalue weighted by atomic mass is 9.44. The number of rotatable bonds is 11. The van der Waals surface area contributed by atoms with Gasteiger partial charge in [0.15, 0.2) is 43.9 Å². The van der Waals surface area contributed by atoms with Crippen LogP contribution in [-0.4, -0.2) is 122 Å². The van der Waals surface area contributed by atoms with Gasteiger partial charge in [-0.3, -0.25) is 19.2 Å². The zero-order valence-corrected chi connectivity index (χ0v) is 60.1. The van der Waals surface area contributed by atoms with E-state index in [9.17, 15) is 56.5 Å². The number of furan rings is 2. The van der Waals surface area contributed by atoms with Crippen molar-refractivity contribution in [2.75, 3.05) is 11.2 Å². The number of ether oxygens (including phenoxy) is 2. The number of carbonyl (C=O) groups is 6. The lowest BCUT2D eigenvalue weighted by Gasteiger charge is -2.63. The number of esters is 2. The van der Waals surface area contributed by atoms with E-state index in [1.54, 1.807) is 27.7 Å². The molecule has 8 aliphatic carbocycles. The molecular weight excluding hydrogens is 1420 g/mol. The molecular formula is C71H77ClF8O16S4. The second-order valence-electron chi connectivity index (χ2n) is 27.9. The predicted octanol–water partition coefficient (Wildman–Crippen LogP) is 14.3. The number of thiol groups is 1. The van der Waals surface area contributed by atoms with Crippen molar-refractivity contribution < 1.29 is 110 Å². The summed E-state index contributed by atoms with van der Waals surface area (Å²) in [5, 5.41) is 21.6. The van der Waals surface area contributed by atoms with E-state index in [-0.39, 0.29) is 72.4 Å². The first-order valence-corrected chi connectivity index (χ1v) is 36.7. The van der Waals surface area contributed by atoms with E-state index in [0.717, 1.165) is 33.7 Å². The van der Waals surface area contributed by atoms with Crippen molar-refractivity contribution in [1.82, 2.24) is 0 Å². The highest BCUT2D eigenvalue weighted by Crippen LogP contribution is 2.74. The van der Waals surface area contributed by atoms with Crippen LogP contribution in [0, 0.1) is 84.9 Å². The fourth-order valence-corrected chi connectivity index (χ4v) is 21.8. The number of aliphatic hydroxyl groups excluding tert-OH is 2. The van der Waals surface area contributed by atoms with Crippen LogP contribution in [0.5, 0.6) is 0 Å². The number of alkyl halides is 9. The molecule has 100 heavy (non-hydrogen) atoms. The molecule has 0 radical (unpaired) electrons. The average molecular weight is 1500 g/mol. The molecule has 0 spiro atoms. The summed E-state index contributed by atoms with van der Waals surface area (Å²) in [4.78, 5) is 79.2. The van der Waals surface area contributed by atoms with Crippen LogP contribution >= 0.6 is 36.0 Å². The molecule has 0 amide bonds. The predicted molar refractivity (Wildman–Crippen MR) is 356 cm³/mol. The standard InChI is InChI=1S/C27H29ClF2O6S.C26H28F2O6S.C17H20FS.CHF3O4S/c1-14-9-16-17-11-19(29)18-10-15(31)6-7-24(18,2)26(17,30)21(32)12-25(16,3)27(14,23(34)37-13-28)36-22(33)20-5-4-8-35-20;1-13-9-15-16-11-18(27)17-10-14(29)6-7-23(17,2)25(16,28)20(30)12-24(15,3)26(13,22(32)35)34-21(31)19-5-4-8-33-19;1-12-10-17(15(4)14(3)13(12)2)19(11-18)16-8-6-5-7-9-16;2-1(3,4)8-9(5,6)7/h4-8,10,14,16-17,19,21,32H,9,11-13H2,1-3H3;4-8,10,13,15-16,18,20,30H,9,11-12H2,1-3H3,(H,32,35);5-10H,11H2,1-4H3;(H,5,6,7)/q;;+1;/p-1/t14-,16?,17?,19-,21+,24+,25+,26-,27+;13-,15?,16?,18-,20+,23+,24+,25-,26+;;/m11../s1. The van der Waals surface area contributed by atoms with Gasteiger partial charge >= 0.3 is 18.3 Å². The number of aryl methyl sites for hydroxylation is 1. The van der Waals surface area contributed by atoms with Gasteiger partial charge in [0.2, 0.25) is 32.2 Å². The Bertz CT molecular complexity index is 4080. The minimum absolute atomic E-state index is 0.0248. The largest absolute Gasteiger partial charge is 0.725 e. The molecule has 6 fully saturated rings. The maximum atomic E-state index is 17.4. The SMILES string of the molecule is C[C@@H]1CC2C3C[C@@H](F)C4=CC(=O)C=C[C@]4(C)[C@]3(F)[C@@H](O)C[C@]2(C)[C@@]1(OC(=O)c1ccco1)C(=O)S.C[C@@H]1CC2C3C[C@@H](F)C4=CC(=O)C=C[C@]4(C)[C@]3(F)[C@@H](O)C[C@]2(C)[C@@]1(OC(=O)c1ccco1)C(=O)SCCl.Cc1cc([S+](CF)c2ccccc2)c(C)c(C)c1C.O=S(=O)([O-])OC(F)(F)F. The highest BCUT2D eigenvalue weighted by molar-refractivity contribution is 8.14. The van der Waals surface area contributed by atoms with Crippen molar-refractivity contribution in [2.45, 2.75) is 171 Å². The molecule has 4 aromatic rings. The summed E-state index contributed by atoms with van der Waals surface area (Å²) in [6.45, 7) is 18.4.